The molecule has 1 fully saturated rings. The van der Waals surface area contributed by atoms with Gasteiger partial charge in [0.1, 0.15) is 12.6 Å². The smallest absolute Gasteiger partial charge is 0.355 e. The topological polar surface area (TPSA) is 119 Å². The van der Waals surface area contributed by atoms with Crippen LogP contribution in [0.15, 0.2) is 30.3 Å². The Balaban J connectivity index is 1.74. The lowest BCUT2D eigenvalue weighted by Gasteiger charge is -2.20. The second kappa shape index (κ2) is 18.9. The molecule has 0 radical (unpaired) electrons. The van der Waals surface area contributed by atoms with Crippen LogP contribution in [-0.4, -0.2) is 40.8 Å². The van der Waals surface area contributed by atoms with Gasteiger partial charge in [0.05, 0.1) is 0 Å². The molecule has 3 amide bonds. The van der Waals surface area contributed by atoms with Crippen LogP contribution in [0, 0.1) is 0 Å². The molecular weight excluding hydrogens is 500 g/mol. The van der Waals surface area contributed by atoms with Crippen LogP contribution in [0.5, 0.6) is 0 Å². The quantitative estimate of drug-likeness (QED) is 0.134. The third-order valence-corrected chi connectivity index (χ3v) is 6.69. The molecule has 1 heterocycles. The minimum Gasteiger partial charge on any atom is -0.461 e. The van der Waals surface area contributed by atoms with Gasteiger partial charge in [0.15, 0.2) is 0 Å². The van der Waals surface area contributed by atoms with Crippen LogP contribution >= 0.6 is 0 Å². The summed E-state index contributed by atoms with van der Waals surface area (Å²) in [5.41, 5.74) is 0.827. The van der Waals surface area contributed by atoms with E-state index >= 15 is 0 Å². The predicted octanol–water partition coefficient (Wildman–Crippen LogP) is 5.30. The van der Waals surface area contributed by atoms with E-state index in [4.69, 9.17) is 9.57 Å². The Bertz CT molecular complexity index is 903. The van der Waals surface area contributed by atoms with E-state index in [2.05, 4.69) is 12.2 Å². The van der Waals surface area contributed by atoms with E-state index in [9.17, 15) is 24.0 Å². The molecule has 0 aliphatic carbocycles. The number of rotatable bonds is 20. The van der Waals surface area contributed by atoms with Crippen LogP contribution in [0.25, 0.3) is 0 Å². The molecule has 0 spiro atoms. The Labute approximate surface area is 231 Å². The molecule has 0 unspecified atom stereocenters. The lowest BCUT2D eigenvalue weighted by molar-refractivity contribution is -0.199. The Kier molecular flexibility index (Phi) is 15.5. The Morgan fingerprint density at radius 1 is 0.821 bits per heavy atom. The summed E-state index contributed by atoms with van der Waals surface area (Å²) in [5.74, 6) is -3.06. The second-order valence-electron chi connectivity index (χ2n) is 10.1. The molecule has 1 aromatic rings. The van der Waals surface area contributed by atoms with Crippen molar-refractivity contribution in [1.82, 2.24) is 10.4 Å². The molecule has 9 nitrogen and oxygen atoms in total. The molecule has 0 aromatic heterocycles. The van der Waals surface area contributed by atoms with Gasteiger partial charge >= 0.3 is 11.9 Å². The predicted molar refractivity (Wildman–Crippen MR) is 146 cm³/mol. The molecule has 1 aliphatic heterocycles. The largest absolute Gasteiger partial charge is 0.461 e. The number of carbonyl (C=O) groups excluding carboxylic acids is 5. The fourth-order valence-corrected chi connectivity index (χ4v) is 4.35. The lowest BCUT2D eigenvalue weighted by atomic mass is 10.0. The van der Waals surface area contributed by atoms with Crippen molar-refractivity contribution in [2.45, 2.75) is 122 Å². The highest BCUT2D eigenvalue weighted by Gasteiger charge is 2.35. The highest BCUT2D eigenvalue weighted by molar-refractivity contribution is 6.02. The van der Waals surface area contributed by atoms with E-state index in [1.165, 1.54) is 44.9 Å². The summed E-state index contributed by atoms with van der Waals surface area (Å²) in [6, 6.07) is 7.99. The van der Waals surface area contributed by atoms with E-state index in [-0.39, 0.29) is 44.6 Å². The van der Waals surface area contributed by atoms with Crippen molar-refractivity contribution in [1.29, 1.82) is 0 Å². The van der Waals surface area contributed by atoms with Gasteiger partial charge < -0.3 is 14.9 Å². The summed E-state index contributed by atoms with van der Waals surface area (Å²) in [5, 5.41) is 3.06. The molecule has 0 saturated carbocycles. The van der Waals surface area contributed by atoms with Crippen molar-refractivity contribution < 1.29 is 33.5 Å². The fraction of sp³-hybridized carbons (Fsp3) is 0.633. The first-order valence-corrected chi connectivity index (χ1v) is 14.5. The van der Waals surface area contributed by atoms with Crippen molar-refractivity contribution in [2.75, 3.05) is 0 Å². The zero-order valence-electron chi connectivity index (χ0n) is 23.3. The summed E-state index contributed by atoms with van der Waals surface area (Å²) in [7, 11) is 0. The van der Waals surface area contributed by atoms with Gasteiger partial charge in [-0.25, -0.2) is 4.79 Å². The zero-order chi connectivity index (χ0) is 28.3. The molecule has 216 valence electrons. The SMILES string of the molecule is CCCCCCCCCCCCCC(=O)N[C@@H](CCC(=O)OCc1ccccc1)C(=O)ON1C(=O)CCC1=O. The first kappa shape index (κ1) is 32.0. The first-order valence-electron chi connectivity index (χ1n) is 14.5. The third-order valence-electron chi connectivity index (χ3n) is 6.69. The van der Waals surface area contributed by atoms with Gasteiger partial charge in [-0.3, -0.25) is 19.2 Å². The van der Waals surface area contributed by atoms with Crippen molar-refractivity contribution in [3.63, 3.8) is 0 Å². The van der Waals surface area contributed by atoms with Crippen molar-refractivity contribution in [3.8, 4) is 0 Å². The lowest BCUT2D eigenvalue weighted by Crippen LogP contribution is -2.45. The number of hydrogen-bond acceptors (Lipinski definition) is 7. The van der Waals surface area contributed by atoms with E-state index in [0.717, 1.165) is 24.8 Å². The zero-order valence-corrected chi connectivity index (χ0v) is 23.3. The maximum absolute atomic E-state index is 12.7. The monoisotopic (exact) mass is 544 g/mol. The van der Waals surface area contributed by atoms with Gasteiger partial charge in [-0.1, -0.05) is 101 Å². The summed E-state index contributed by atoms with van der Waals surface area (Å²) < 4.78 is 5.25. The van der Waals surface area contributed by atoms with E-state index in [0.29, 0.717) is 11.5 Å². The van der Waals surface area contributed by atoms with Gasteiger partial charge in [-0.2, -0.15) is 0 Å². The van der Waals surface area contributed by atoms with Crippen LogP contribution in [0.4, 0.5) is 0 Å². The summed E-state index contributed by atoms with van der Waals surface area (Å²) in [6.07, 6.45) is 12.7. The van der Waals surface area contributed by atoms with Crippen molar-refractivity contribution in [2.24, 2.45) is 0 Å². The first-order chi connectivity index (χ1) is 18.9. The number of nitrogens with zero attached hydrogens (tertiary/aromatic N) is 1. The number of imide groups is 1. The average molecular weight is 545 g/mol. The number of benzene rings is 1. The fourth-order valence-electron chi connectivity index (χ4n) is 4.35. The summed E-state index contributed by atoms with van der Waals surface area (Å²) in [4.78, 5) is 66.2. The molecule has 39 heavy (non-hydrogen) atoms. The summed E-state index contributed by atoms with van der Waals surface area (Å²) in [6.45, 7) is 2.31. The van der Waals surface area contributed by atoms with Crippen molar-refractivity contribution >= 4 is 29.7 Å². The van der Waals surface area contributed by atoms with Crippen molar-refractivity contribution in [3.05, 3.63) is 35.9 Å². The molecule has 2 rings (SSSR count). The minimum absolute atomic E-state index is 0.0339. The van der Waals surface area contributed by atoms with Gasteiger partial charge in [0.2, 0.25) is 5.91 Å². The Morgan fingerprint density at radius 2 is 1.38 bits per heavy atom. The standard InChI is InChI=1S/C30H44N2O7/c1-2-3-4-5-6-7-8-9-10-11-15-18-26(33)31-25(30(37)39-32-27(34)20-21-28(32)35)19-22-29(36)38-23-24-16-13-12-14-17-24/h12-14,16-17,25H,2-11,15,18-23H2,1H3,(H,31,33)/t25-/m0/s1. The molecule has 9 heteroatoms. The van der Waals surface area contributed by atoms with Crippen LogP contribution in [0.3, 0.4) is 0 Å². The number of hydroxylamine groups is 2. The van der Waals surface area contributed by atoms with Gasteiger partial charge in [0, 0.05) is 25.7 Å². The average Bonchev–Trinajstić information content (AvgIpc) is 3.25. The van der Waals surface area contributed by atoms with E-state index < -0.39 is 29.8 Å². The maximum Gasteiger partial charge on any atom is 0.355 e. The number of ether oxygens (including phenoxy) is 1. The van der Waals surface area contributed by atoms with E-state index in [1.54, 1.807) is 0 Å². The minimum atomic E-state index is -1.18. The molecule has 1 aromatic carbocycles. The van der Waals surface area contributed by atoms with Gasteiger partial charge in [-0.15, -0.1) is 5.06 Å². The Hall–Kier alpha value is -3.23. The number of nitrogens with one attached hydrogen (secondary N) is 1. The van der Waals surface area contributed by atoms with Gasteiger partial charge in [0.25, 0.3) is 11.8 Å². The Morgan fingerprint density at radius 3 is 1.97 bits per heavy atom. The van der Waals surface area contributed by atoms with Gasteiger partial charge in [-0.05, 0) is 18.4 Å². The molecule has 1 aliphatic rings. The number of hydrogen-bond donors (Lipinski definition) is 1. The highest BCUT2D eigenvalue weighted by atomic mass is 16.7. The molecule has 1 N–H and O–H groups in total. The maximum atomic E-state index is 12.7. The summed E-state index contributed by atoms with van der Waals surface area (Å²) >= 11 is 0. The number of amides is 3. The third kappa shape index (κ3) is 13.4. The molecule has 0 bridgehead atoms. The number of carbonyl (C=O) groups is 5. The van der Waals surface area contributed by atoms with Crippen LogP contribution < -0.4 is 5.32 Å². The molecule has 1 saturated heterocycles. The normalized spacial score (nSPS) is 13.8. The number of unbranched alkanes of at least 4 members (excludes halogenated alkanes) is 10. The molecular formula is C30H44N2O7. The van der Waals surface area contributed by atoms with E-state index in [1.807, 2.05) is 30.3 Å². The highest BCUT2D eigenvalue weighted by Crippen LogP contribution is 2.15. The van der Waals surface area contributed by atoms with Crippen LogP contribution in [0.1, 0.15) is 115 Å². The second-order valence-corrected chi connectivity index (χ2v) is 10.1. The number of esters is 1. The van der Waals surface area contributed by atoms with Crippen LogP contribution in [0.2, 0.25) is 0 Å². The van der Waals surface area contributed by atoms with Crippen LogP contribution in [-0.2, 0) is 40.2 Å². The molecule has 1 atom stereocenters.